The fourth-order valence-electron chi connectivity index (χ4n) is 7.29. The highest BCUT2D eigenvalue weighted by molar-refractivity contribution is 7.44. The van der Waals surface area contributed by atoms with Crippen LogP contribution in [0, 0.1) is 18.3 Å². The molecule has 12 nitrogen and oxygen atoms in total. The van der Waals surface area contributed by atoms with Crippen LogP contribution >= 0.6 is 8.53 Å². The first kappa shape index (κ1) is 40.1. The van der Waals surface area contributed by atoms with Crippen molar-refractivity contribution >= 4 is 32.3 Å². The quantitative estimate of drug-likeness (QED) is 0.0758. The van der Waals surface area contributed by atoms with Crippen LogP contribution in [0.3, 0.4) is 0 Å². The van der Waals surface area contributed by atoms with Crippen molar-refractivity contribution in [2.75, 3.05) is 27.4 Å². The molecule has 3 aliphatic heterocycles. The van der Waals surface area contributed by atoms with Gasteiger partial charge in [-0.25, -0.2) is 14.5 Å². The van der Waals surface area contributed by atoms with Gasteiger partial charge in [0.25, 0.3) is 8.53 Å². The van der Waals surface area contributed by atoms with E-state index in [1.54, 1.807) is 26.5 Å². The van der Waals surface area contributed by atoms with Gasteiger partial charge in [-0.2, -0.15) is 15.2 Å². The molecule has 0 bridgehead atoms. The number of rotatable bonds is 17. The fourth-order valence-corrected chi connectivity index (χ4v) is 9.04. The van der Waals surface area contributed by atoms with Gasteiger partial charge in [0.1, 0.15) is 29.3 Å². The zero-order chi connectivity index (χ0) is 39.1. The van der Waals surface area contributed by atoms with Crippen molar-refractivity contribution < 1.29 is 32.8 Å². The molecule has 1 fully saturated rings. The number of nitriles is 1. The average molecular weight is 766 g/mol. The molecular weight excluding hydrogens is 717 g/mol. The van der Waals surface area contributed by atoms with Crippen molar-refractivity contribution in [1.82, 2.24) is 4.67 Å². The summed E-state index contributed by atoms with van der Waals surface area (Å²) in [5.74, 6) is 1.77. The SMILES string of the molecule is COc1ccc(C(OC[C@H]2OC(C3=NC(=O)N=C4N=CC=C43)C[C@H]2OP(OCCC#N)N(C(C)C)C(C)C)(c2ccccc2)c2ccc(OC)cc2C)cc1. The van der Waals surface area contributed by atoms with Crippen molar-refractivity contribution in [3.05, 3.63) is 107 Å². The Morgan fingerprint density at radius 1 is 0.964 bits per heavy atom. The fraction of sp³-hybridized carbons (Fsp3) is 0.405. The molecule has 3 heterocycles. The molecule has 0 saturated carbocycles. The number of benzene rings is 3. The molecule has 0 aliphatic carbocycles. The number of carbonyl (C=O) groups excluding carboxylic acids is 1. The van der Waals surface area contributed by atoms with Crippen LogP contribution in [0.4, 0.5) is 4.79 Å². The molecule has 0 radical (unpaired) electrons. The highest BCUT2D eigenvalue weighted by Crippen LogP contribution is 2.50. The van der Waals surface area contributed by atoms with E-state index in [1.807, 2.05) is 67.6 Å². The predicted molar refractivity (Wildman–Crippen MR) is 213 cm³/mol. The van der Waals surface area contributed by atoms with Gasteiger partial charge in [-0.05, 0) is 87.2 Å². The van der Waals surface area contributed by atoms with Crippen molar-refractivity contribution in [2.24, 2.45) is 15.0 Å². The lowest BCUT2D eigenvalue weighted by atomic mass is 9.78. The zero-order valence-corrected chi connectivity index (χ0v) is 33.2. The molecule has 0 N–H and O–H groups in total. The number of ether oxygens (including phenoxy) is 4. The van der Waals surface area contributed by atoms with Crippen LogP contribution in [-0.4, -0.2) is 86.3 Å². The van der Waals surface area contributed by atoms with E-state index in [9.17, 15) is 10.1 Å². The summed E-state index contributed by atoms with van der Waals surface area (Å²) in [5, 5.41) is 9.35. The number of aryl methyl sites for hydroxylation is 1. The van der Waals surface area contributed by atoms with Gasteiger partial charge in [-0.1, -0.05) is 48.5 Å². The lowest BCUT2D eigenvalue weighted by Crippen LogP contribution is -2.40. The molecule has 0 spiro atoms. The summed E-state index contributed by atoms with van der Waals surface area (Å²) < 4.78 is 40.9. The molecule has 288 valence electrons. The second-order valence-electron chi connectivity index (χ2n) is 13.9. The van der Waals surface area contributed by atoms with E-state index in [0.717, 1.165) is 28.0 Å². The van der Waals surface area contributed by atoms with Gasteiger partial charge in [0.05, 0.1) is 51.7 Å². The molecule has 3 aromatic rings. The van der Waals surface area contributed by atoms with Gasteiger partial charge in [-0.3, -0.25) is 0 Å². The number of carbonyl (C=O) groups is 1. The van der Waals surface area contributed by atoms with Crippen LogP contribution in [0.1, 0.15) is 62.8 Å². The summed E-state index contributed by atoms with van der Waals surface area (Å²) in [6, 6.07) is 25.7. The Balaban J connectivity index is 1.44. The highest BCUT2D eigenvalue weighted by Gasteiger charge is 2.47. The van der Waals surface area contributed by atoms with E-state index in [0.29, 0.717) is 29.3 Å². The predicted octanol–water partition coefficient (Wildman–Crippen LogP) is 8.12. The maximum Gasteiger partial charge on any atom is 0.369 e. The van der Waals surface area contributed by atoms with Crippen molar-refractivity contribution in [1.29, 1.82) is 5.26 Å². The van der Waals surface area contributed by atoms with Crippen LogP contribution in [0.5, 0.6) is 11.5 Å². The Labute approximate surface area is 324 Å². The largest absolute Gasteiger partial charge is 0.497 e. The smallest absolute Gasteiger partial charge is 0.369 e. The Hall–Kier alpha value is -4.60. The number of amides is 2. The summed E-state index contributed by atoms with van der Waals surface area (Å²) in [6.07, 6.45) is 2.16. The van der Waals surface area contributed by atoms with Gasteiger partial charge in [0.15, 0.2) is 5.84 Å². The molecule has 13 heteroatoms. The molecule has 0 aromatic heterocycles. The minimum atomic E-state index is -1.65. The average Bonchev–Trinajstić information content (AvgIpc) is 3.82. The number of amidine groups is 1. The number of fused-ring (bicyclic) bond motifs is 1. The van der Waals surface area contributed by atoms with E-state index in [1.165, 1.54) is 0 Å². The summed E-state index contributed by atoms with van der Waals surface area (Å²) in [4.78, 5) is 25.3. The molecule has 2 amide bonds. The second kappa shape index (κ2) is 17.9. The number of allylic oxidation sites excluding steroid dienone is 1. The number of urea groups is 1. The number of aliphatic imine (C=N–C) groups is 3. The molecule has 6 rings (SSSR count). The number of methoxy groups -OCH3 is 2. The summed E-state index contributed by atoms with van der Waals surface area (Å²) in [7, 11) is 1.65. The third-order valence-corrected chi connectivity index (χ3v) is 11.9. The number of nitrogens with zero attached hydrogens (tertiary/aromatic N) is 5. The topological polar surface area (TPSA) is 137 Å². The van der Waals surface area contributed by atoms with Crippen LogP contribution < -0.4 is 9.47 Å². The molecule has 3 unspecified atom stereocenters. The Kier molecular flexibility index (Phi) is 13.0. The van der Waals surface area contributed by atoms with Gasteiger partial charge in [0, 0.05) is 30.3 Å². The summed E-state index contributed by atoms with van der Waals surface area (Å²) >= 11 is 0. The number of hydrogen-bond donors (Lipinski definition) is 0. The molecule has 55 heavy (non-hydrogen) atoms. The third kappa shape index (κ3) is 8.63. The minimum Gasteiger partial charge on any atom is -0.497 e. The Morgan fingerprint density at radius 2 is 1.65 bits per heavy atom. The third-order valence-electron chi connectivity index (χ3n) is 9.72. The lowest BCUT2D eigenvalue weighted by Gasteiger charge is -2.39. The second-order valence-corrected chi connectivity index (χ2v) is 15.3. The van der Waals surface area contributed by atoms with E-state index >= 15 is 0 Å². The van der Waals surface area contributed by atoms with Crippen molar-refractivity contribution in [2.45, 2.75) is 83.5 Å². The first-order chi connectivity index (χ1) is 26.6. The zero-order valence-electron chi connectivity index (χ0n) is 32.3. The molecule has 3 aliphatic rings. The normalized spacial score (nSPS) is 20.9. The van der Waals surface area contributed by atoms with Crippen molar-refractivity contribution in [3.8, 4) is 17.6 Å². The van der Waals surface area contributed by atoms with Crippen LogP contribution in [-0.2, 0) is 24.1 Å². The summed E-state index contributed by atoms with van der Waals surface area (Å²) in [6.45, 7) is 10.7. The molecular formula is C42H48N5O7P. The first-order valence-corrected chi connectivity index (χ1v) is 19.6. The van der Waals surface area contributed by atoms with Crippen LogP contribution in [0.15, 0.2) is 99.4 Å². The standard InChI is InChI=1S/C42H48N5O7P/c1-27(2)47(28(3)4)55(52-23-11-21-43)54-36-25-37(39-34-20-22-44-40(34)46-41(48)45-39)53-38(36)26-51-42(30-12-9-8-10-13-30,31-14-16-32(49-6)17-15-31)35-19-18-33(50-7)24-29(35)5/h8-10,12-20,22,24,27-28,36-38H,11,23,25-26H2,1-7H3/t36-,37?,38-,42?,55?/m1/s1. The van der Waals surface area contributed by atoms with E-state index in [-0.39, 0.29) is 31.7 Å². The minimum absolute atomic E-state index is 0.0794. The summed E-state index contributed by atoms with van der Waals surface area (Å²) in [5.41, 5.74) is 3.65. The van der Waals surface area contributed by atoms with Gasteiger partial charge in [0.2, 0.25) is 0 Å². The molecule has 1 saturated heterocycles. The monoisotopic (exact) mass is 765 g/mol. The molecule has 3 aromatic carbocycles. The van der Waals surface area contributed by atoms with Gasteiger partial charge >= 0.3 is 6.03 Å². The first-order valence-electron chi connectivity index (χ1n) is 18.5. The maximum atomic E-state index is 12.7. The van der Waals surface area contributed by atoms with Crippen molar-refractivity contribution in [3.63, 3.8) is 0 Å². The Bertz CT molecular complexity index is 1980. The van der Waals surface area contributed by atoms with Crippen LogP contribution in [0.2, 0.25) is 0 Å². The van der Waals surface area contributed by atoms with Gasteiger partial charge < -0.3 is 28.0 Å². The van der Waals surface area contributed by atoms with E-state index in [2.05, 4.69) is 65.5 Å². The number of hydrogen-bond acceptors (Lipinski definition) is 10. The van der Waals surface area contributed by atoms with E-state index < -0.39 is 38.5 Å². The highest BCUT2D eigenvalue weighted by atomic mass is 31.2. The maximum absolute atomic E-state index is 12.7. The lowest BCUT2D eigenvalue weighted by molar-refractivity contribution is -0.0727. The van der Waals surface area contributed by atoms with E-state index in [4.69, 9.17) is 28.0 Å². The Morgan fingerprint density at radius 3 is 2.31 bits per heavy atom. The van der Waals surface area contributed by atoms with Gasteiger partial charge in [-0.15, -0.1) is 0 Å². The van der Waals surface area contributed by atoms with Crippen LogP contribution in [0.25, 0.3) is 0 Å². The molecule has 5 atom stereocenters.